The standard InChI is InChI=1S/C14H12F4N2O/c1-21-10-4-2-3-7(11(10)16)14(20-19)8-5-6-9(15)13(18)12(8)17/h2-6,14,20H,19H2,1H3. The number of rotatable bonds is 4. The molecule has 0 aromatic heterocycles. The van der Waals surface area contributed by atoms with Crippen LogP contribution >= 0.6 is 0 Å². The van der Waals surface area contributed by atoms with Crippen LogP contribution in [0.3, 0.4) is 0 Å². The van der Waals surface area contributed by atoms with E-state index >= 15 is 0 Å². The maximum atomic E-state index is 14.2. The second kappa shape index (κ2) is 6.11. The highest BCUT2D eigenvalue weighted by Crippen LogP contribution is 2.31. The maximum Gasteiger partial charge on any atom is 0.194 e. The van der Waals surface area contributed by atoms with Crippen molar-refractivity contribution in [2.45, 2.75) is 6.04 Å². The first-order valence-electron chi connectivity index (χ1n) is 5.93. The Bertz CT molecular complexity index is 664. The van der Waals surface area contributed by atoms with E-state index in [-0.39, 0.29) is 16.9 Å². The molecular weight excluding hydrogens is 288 g/mol. The van der Waals surface area contributed by atoms with Gasteiger partial charge in [-0.1, -0.05) is 18.2 Å². The minimum Gasteiger partial charge on any atom is -0.494 e. The summed E-state index contributed by atoms with van der Waals surface area (Å²) < 4.78 is 59.1. The van der Waals surface area contributed by atoms with Crippen LogP contribution in [0.15, 0.2) is 30.3 Å². The van der Waals surface area contributed by atoms with Crippen LogP contribution in [0.25, 0.3) is 0 Å². The molecule has 0 aliphatic carbocycles. The molecule has 7 heteroatoms. The van der Waals surface area contributed by atoms with Gasteiger partial charge in [-0.05, 0) is 12.1 Å². The fourth-order valence-electron chi connectivity index (χ4n) is 2.02. The van der Waals surface area contributed by atoms with Gasteiger partial charge < -0.3 is 4.74 Å². The number of ether oxygens (including phenoxy) is 1. The zero-order valence-electron chi connectivity index (χ0n) is 11.0. The highest BCUT2D eigenvalue weighted by atomic mass is 19.2. The molecule has 0 spiro atoms. The fraction of sp³-hybridized carbons (Fsp3) is 0.143. The molecule has 0 fully saturated rings. The third-order valence-corrected chi connectivity index (χ3v) is 3.07. The van der Waals surface area contributed by atoms with Gasteiger partial charge in [0.2, 0.25) is 0 Å². The lowest BCUT2D eigenvalue weighted by molar-refractivity contribution is 0.380. The summed E-state index contributed by atoms with van der Waals surface area (Å²) in [4.78, 5) is 0. The van der Waals surface area contributed by atoms with Gasteiger partial charge in [-0.2, -0.15) is 0 Å². The van der Waals surface area contributed by atoms with Crippen molar-refractivity contribution < 1.29 is 22.3 Å². The van der Waals surface area contributed by atoms with Gasteiger partial charge in [-0.3, -0.25) is 5.84 Å². The molecule has 2 rings (SSSR count). The molecule has 3 nitrogen and oxygen atoms in total. The lowest BCUT2D eigenvalue weighted by Gasteiger charge is -2.19. The number of nitrogens with one attached hydrogen (secondary N) is 1. The second-order valence-corrected chi connectivity index (χ2v) is 4.23. The Morgan fingerprint density at radius 1 is 0.952 bits per heavy atom. The van der Waals surface area contributed by atoms with E-state index < -0.39 is 29.3 Å². The van der Waals surface area contributed by atoms with Crippen molar-refractivity contribution in [1.29, 1.82) is 0 Å². The normalized spacial score (nSPS) is 12.3. The average Bonchev–Trinajstić information content (AvgIpc) is 2.49. The number of hydrogen-bond acceptors (Lipinski definition) is 3. The van der Waals surface area contributed by atoms with Gasteiger partial charge in [-0.25, -0.2) is 23.0 Å². The van der Waals surface area contributed by atoms with E-state index in [1.165, 1.54) is 25.3 Å². The topological polar surface area (TPSA) is 47.3 Å². The number of hydrazine groups is 1. The van der Waals surface area contributed by atoms with Crippen LogP contribution in [0.4, 0.5) is 17.6 Å². The molecule has 0 amide bonds. The van der Waals surface area contributed by atoms with E-state index in [4.69, 9.17) is 10.6 Å². The predicted molar refractivity (Wildman–Crippen MR) is 68.4 cm³/mol. The molecule has 0 bridgehead atoms. The lowest BCUT2D eigenvalue weighted by atomic mass is 9.97. The van der Waals surface area contributed by atoms with Crippen LogP contribution in [0.5, 0.6) is 5.75 Å². The molecule has 21 heavy (non-hydrogen) atoms. The van der Waals surface area contributed by atoms with Gasteiger partial charge in [0.05, 0.1) is 13.2 Å². The Labute approximate surface area is 118 Å². The van der Waals surface area contributed by atoms with Crippen LogP contribution < -0.4 is 16.0 Å². The summed E-state index contributed by atoms with van der Waals surface area (Å²) in [5, 5.41) is 0. The first-order valence-corrected chi connectivity index (χ1v) is 5.93. The summed E-state index contributed by atoms with van der Waals surface area (Å²) in [6.45, 7) is 0. The number of benzene rings is 2. The number of halogens is 4. The number of nitrogens with two attached hydrogens (primary N) is 1. The van der Waals surface area contributed by atoms with Gasteiger partial charge in [-0.15, -0.1) is 0 Å². The summed E-state index contributed by atoms with van der Waals surface area (Å²) in [7, 11) is 1.27. The van der Waals surface area contributed by atoms with E-state index in [1.54, 1.807) is 0 Å². The van der Waals surface area contributed by atoms with Crippen LogP contribution in [-0.2, 0) is 0 Å². The van der Waals surface area contributed by atoms with Gasteiger partial charge in [0.1, 0.15) is 0 Å². The third-order valence-electron chi connectivity index (χ3n) is 3.07. The summed E-state index contributed by atoms with van der Waals surface area (Å²) in [6.07, 6.45) is 0. The van der Waals surface area contributed by atoms with Crippen LogP contribution in [0.1, 0.15) is 17.2 Å². The average molecular weight is 300 g/mol. The van der Waals surface area contributed by atoms with Gasteiger partial charge >= 0.3 is 0 Å². The largest absolute Gasteiger partial charge is 0.494 e. The van der Waals surface area contributed by atoms with Gasteiger partial charge in [0.15, 0.2) is 29.0 Å². The Balaban J connectivity index is 2.58. The zero-order valence-corrected chi connectivity index (χ0v) is 11.0. The zero-order chi connectivity index (χ0) is 15.6. The van der Waals surface area contributed by atoms with Crippen LogP contribution in [0.2, 0.25) is 0 Å². The Morgan fingerprint density at radius 3 is 2.24 bits per heavy atom. The Morgan fingerprint density at radius 2 is 1.62 bits per heavy atom. The van der Waals surface area contributed by atoms with Crippen molar-refractivity contribution >= 4 is 0 Å². The van der Waals surface area contributed by atoms with E-state index in [9.17, 15) is 17.6 Å². The molecule has 1 atom stereocenters. The maximum absolute atomic E-state index is 14.2. The Hall–Kier alpha value is -2.12. The van der Waals surface area contributed by atoms with Crippen molar-refractivity contribution in [3.8, 4) is 5.75 Å². The molecule has 0 saturated heterocycles. The van der Waals surface area contributed by atoms with Crippen LogP contribution in [0, 0.1) is 23.3 Å². The number of hydrogen-bond donors (Lipinski definition) is 2. The summed E-state index contributed by atoms with van der Waals surface area (Å²) in [5.74, 6) is 0.0613. The molecule has 112 valence electrons. The monoisotopic (exact) mass is 300 g/mol. The smallest absolute Gasteiger partial charge is 0.194 e. The minimum absolute atomic E-state index is 0.0539. The van der Waals surface area contributed by atoms with E-state index in [2.05, 4.69) is 5.43 Å². The highest BCUT2D eigenvalue weighted by molar-refractivity contribution is 5.39. The molecule has 0 saturated carbocycles. The van der Waals surface area contributed by atoms with Crippen LogP contribution in [-0.4, -0.2) is 7.11 Å². The summed E-state index contributed by atoms with van der Waals surface area (Å²) >= 11 is 0. The van der Waals surface area contributed by atoms with Gasteiger partial charge in [0.25, 0.3) is 0 Å². The SMILES string of the molecule is COc1cccc(C(NN)c2ccc(F)c(F)c2F)c1F. The number of methoxy groups -OCH3 is 1. The molecule has 0 heterocycles. The molecule has 0 aliphatic heterocycles. The predicted octanol–water partition coefficient (Wildman–Crippen LogP) is 2.80. The van der Waals surface area contributed by atoms with E-state index in [0.29, 0.717) is 0 Å². The Kier molecular flexibility index (Phi) is 4.44. The lowest BCUT2D eigenvalue weighted by Crippen LogP contribution is -2.30. The molecule has 2 aromatic rings. The molecular formula is C14H12F4N2O. The molecule has 3 N–H and O–H groups in total. The van der Waals surface area contributed by atoms with E-state index in [1.807, 2.05) is 0 Å². The van der Waals surface area contributed by atoms with Crippen molar-refractivity contribution in [2.75, 3.05) is 7.11 Å². The first kappa shape index (κ1) is 15.3. The van der Waals surface area contributed by atoms with E-state index in [0.717, 1.165) is 12.1 Å². The van der Waals surface area contributed by atoms with Crippen molar-refractivity contribution in [3.05, 3.63) is 64.7 Å². The summed E-state index contributed by atoms with van der Waals surface area (Å²) in [5.41, 5.74) is 1.82. The second-order valence-electron chi connectivity index (χ2n) is 4.23. The minimum atomic E-state index is -1.64. The van der Waals surface area contributed by atoms with Crippen molar-refractivity contribution in [1.82, 2.24) is 5.43 Å². The van der Waals surface area contributed by atoms with Crippen molar-refractivity contribution in [3.63, 3.8) is 0 Å². The molecule has 0 aliphatic rings. The quantitative estimate of drug-likeness (QED) is 0.395. The third kappa shape index (κ3) is 2.70. The highest BCUT2D eigenvalue weighted by Gasteiger charge is 2.24. The van der Waals surface area contributed by atoms with Crippen molar-refractivity contribution in [2.24, 2.45) is 5.84 Å². The molecule has 0 radical (unpaired) electrons. The first-order chi connectivity index (χ1) is 10.0. The van der Waals surface area contributed by atoms with Gasteiger partial charge in [0, 0.05) is 11.1 Å². The molecule has 1 unspecified atom stereocenters. The fourth-order valence-corrected chi connectivity index (χ4v) is 2.02. The summed E-state index contributed by atoms with van der Waals surface area (Å²) in [6, 6.07) is 4.72. The molecule has 2 aromatic carbocycles.